The molecular formula is C20H31N3O4. The molecular weight excluding hydrogens is 346 g/mol. The van der Waals surface area contributed by atoms with Gasteiger partial charge in [-0.3, -0.25) is 4.79 Å². The first-order chi connectivity index (χ1) is 12.8. The first-order valence-corrected chi connectivity index (χ1v) is 9.51. The Labute approximate surface area is 161 Å². The molecule has 0 atom stereocenters. The fourth-order valence-electron chi connectivity index (χ4n) is 2.81. The van der Waals surface area contributed by atoms with E-state index in [4.69, 9.17) is 9.47 Å². The van der Waals surface area contributed by atoms with Crippen molar-refractivity contribution in [3.8, 4) is 0 Å². The quantitative estimate of drug-likeness (QED) is 0.768. The summed E-state index contributed by atoms with van der Waals surface area (Å²) >= 11 is 0. The van der Waals surface area contributed by atoms with E-state index in [1.807, 2.05) is 32.9 Å². The third kappa shape index (κ3) is 7.00. The summed E-state index contributed by atoms with van der Waals surface area (Å²) in [4.78, 5) is 27.5. The van der Waals surface area contributed by atoms with Gasteiger partial charge in [0.15, 0.2) is 0 Å². The number of hydrogen-bond acceptors (Lipinski definition) is 6. The second kappa shape index (κ2) is 9.48. The molecule has 0 bridgehead atoms. The van der Waals surface area contributed by atoms with E-state index in [1.165, 1.54) is 0 Å². The molecule has 1 heterocycles. The monoisotopic (exact) mass is 377 g/mol. The minimum Gasteiger partial charge on any atom is -0.466 e. The van der Waals surface area contributed by atoms with E-state index in [1.54, 1.807) is 11.8 Å². The predicted molar refractivity (Wildman–Crippen MR) is 106 cm³/mol. The summed E-state index contributed by atoms with van der Waals surface area (Å²) in [6, 6.07) is 8.10. The Balaban J connectivity index is 1.78. The number of nitrogens with one attached hydrogen (secondary N) is 1. The average Bonchev–Trinajstić information content (AvgIpc) is 2.61. The fraction of sp³-hybridized carbons (Fsp3) is 0.600. The van der Waals surface area contributed by atoms with Crippen molar-refractivity contribution in [2.75, 3.05) is 49.5 Å². The molecule has 27 heavy (non-hydrogen) atoms. The van der Waals surface area contributed by atoms with Crippen molar-refractivity contribution in [2.45, 2.75) is 39.7 Å². The average molecular weight is 377 g/mol. The van der Waals surface area contributed by atoms with E-state index in [0.29, 0.717) is 32.7 Å². The number of nitrogens with zero attached hydrogens (tertiary/aromatic N) is 2. The Bertz CT molecular complexity index is 617. The molecule has 0 saturated carbocycles. The van der Waals surface area contributed by atoms with E-state index in [-0.39, 0.29) is 12.1 Å². The third-order valence-electron chi connectivity index (χ3n) is 4.13. The topological polar surface area (TPSA) is 71.1 Å². The number of esters is 1. The van der Waals surface area contributed by atoms with Crippen LogP contribution in [0.25, 0.3) is 0 Å². The van der Waals surface area contributed by atoms with Gasteiger partial charge in [-0.1, -0.05) is 0 Å². The molecule has 0 radical (unpaired) electrons. The van der Waals surface area contributed by atoms with E-state index < -0.39 is 5.60 Å². The Kier molecular flexibility index (Phi) is 7.33. The molecule has 150 valence electrons. The van der Waals surface area contributed by atoms with Crippen LogP contribution in [0.1, 0.15) is 34.1 Å². The molecule has 1 aromatic rings. The van der Waals surface area contributed by atoms with Crippen molar-refractivity contribution in [1.29, 1.82) is 0 Å². The first-order valence-electron chi connectivity index (χ1n) is 9.51. The number of carbonyl (C=O) groups excluding carboxylic acids is 2. The zero-order chi connectivity index (χ0) is 19.9. The van der Waals surface area contributed by atoms with Gasteiger partial charge in [-0.05, 0) is 52.0 Å². The lowest BCUT2D eigenvalue weighted by Crippen LogP contribution is -2.50. The van der Waals surface area contributed by atoms with Gasteiger partial charge in [-0.15, -0.1) is 0 Å². The number of amides is 1. The van der Waals surface area contributed by atoms with E-state index in [9.17, 15) is 9.59 Å². The van der Waals surface area contributed by atoms with Crippen LogP contribution >= 0.6 is 0 Å². The molecule has 1 aliphatic rings. The molecule has 0 unspecified atom stereocenters. The Morgan fingerprint density at radius 1 is 1.07 bits per heavy atom. The molecule has 0 spiro atoms. The molecule has 2 rings (SSSR count). The van der Waals surface area contributed by atoms with E-state index >= 15 is 0 Å². The molecule has 1 N–H and O–H groups in total. The highest BCUT2D eigenvalue weighted by Crippen LogP contribution is 2.20. The first kappa shape index (κ1) is 20.9. The van der Waals surface area contributed by atoms with E-state index in [0.717, 1.165) is 24.5 Å². The van der Waals surface area contributed by atoms with Gasteiger partial charge in [-0.2, -0.15) is 0 Å². The molecule has 1 amide bonds. The summed E-state index contributed by atoms with van der Waals surface area (Å²) in [6.45, 7) is 11.2. The summed E-state index contributed by atoms with van der Waals surface area (Å²) in [5, 5.41) is 3.22. The van der Waals surface area contributed by atoms with Gasteiger partial charge in [0.2, 0.25) is 0 Å². The summed E-state index contributed by atoms with van der Waals surface area (Å²) in [5.74, 6) is -0.190. The van der Waals surface area contributed by atoms with Crippen molar-refractivity contribution in [2.24, 2.45) is 0 Å². The van der Waals surface area contributed by atoms with Gasteiger partial charge in [0.25, 0.3) is 0 Å². The van der Waals surface area contributed by atoms with Gasteiger partial charge in [0.05, 0.1) is 13.0 Å². The maximum absolute atomic E-state index is 12.1. The zero-order valence-electron chi connectivity index (χ0n) is 16.8. The highest BCUT2D eigenvalue weighted by atomic mass is 16.6. The van der Waals surface area contributed by atoms with Crippen molar-refractivity contribution in [3.63, 3.8) is 0 Å². The lowest BCUT2D eigenvalue weighted by Gasteiger charge is -2.36. The molecule has 1 saturated heterocycles. The van der Waals surface area contributed by atoms with E-state index in [2.05, 4.69) is 22.3 Å². The van der Waals surface area contributed by atoms with Crippen molar-refractivity contribution in [1.82, 2.24) is 4.90 Å². The van der Waals surface area contributed by atoms with Crippen LogP contribution in [-0.4, -0.2) is 61.9 Å². The number of anilines is 2. The van der Waals surface area contributed by atoms with Crippen LogP contribution in [-0.2, 0) is 14.3 Å². The summed E-state index contributed by atoms with van der Waals surface area (Å²) in [7, 11) is 0. The minimum absolute atomic E-state index is 0.190. The van der Waals surface area contributed by atoms with Crippen LogP contribution in [0.3, 0.4) is 0 Å². The number of benzene rings is 1. The highest BCUT2D eigenvalue weighted by Gasteiger charge is 2.25. The second-order valence-electron chi connectivity index (χ2n) is 7.48. The highest BCUT2D eigenvalue weighted by molar-refractivity contribution is 5.70. The van der Waals surface area contributed by atoms with Crippen molar-refractivity contribution >= 4 is 23.4 Å². The van der Waals surface area contributed by atoms with Gasteiger partial charge < -0.3 is 24.6 Å². The number of hydrogen-bond donors (Lipinski definition) is 1. The fourth-order valence-corrected chi connectivity index (χ4v) is 2.81. The van der Waals surface area contributed by atoms with Gasteiger partial charge in [0.1, 0.15) is 5.60 Å². The number of ether oxygens (including phenoxy) is 2. The Morgan fingerprint density at radius 2 is 1.70 bits per heavy atom. The minimum atomic E-state index is -0.468. The van der Waals surface area contributed by atoms with Gasteiger partial charge >= 0.3 is 12.1 Å². The van der Waals surface area contributed by atoms with Crippen LogP contribution in [0.2, 0.25) is 0 Å². The maximum Gasteiger partial charge on any atom is 0.410 e. The molecule has 7 nitrogen and oxygen atoms in total. The lowest BCUT2D eigenvalue weighted by molar-refractivity contribution is -0.142. The van der Waals surface area contributed by atoms with Crippen molar-refractivity contribution in [3.05, 3.63) is 24.3 Å². The van der Waals surface area contributed by atoms with Crippen molar-refractivity contribution < 1.29 is 19.1 Å². The van der Waals surface area contributed by atoms with Gasteiger partial charge in [0, 0.05) is 44.1 Å². The third-order valence-corrected chi connectivity index (χ3v) is 4.13. The van der Waals surface area contributed by atoms with Crippen LogP contribution in [0, 0.1) is 0 Å². The number of carbonyl (C=O) groups is 2. The maximum atomic E-state index is 12.1. The normalized spacial score (nSPS) is 14.7. The van der Waals surface area contributed by atoms with Crippen LogP contribution in [0.4, 0.5) is 16.2 Å². The standard InChI is InChI=1S/C20H31N3O4/c1-5-26-18(24)10-11-21-16-6-8-17(9-7-16)22-12-14-23(15-13-22)19(25)27-20(2,3)4/h6-9,21H,5,10-15H2,1-4H3. The van der Waals surface area contributed by atoms with Crippen LogP contribution in [0.15, 0.2) is 24.3 Å². The Morgan fingerprint density at radius 3 is 2.26 bits per heavy atom. The molecule has 1 aliphatic heterocycles. The summed E-state index contributed by atoms with van der Waals surface area (Å²) < 4.78 is 10.3. The SMILES string of the molecule is CCOC(=O)CCNc1ccc(N2CCN(C(=O)OC(C)(C)C)CC2)cc1. The molecule has 7 heteroatoms. The Hall–Kier alpha value is -2.44. The number of rotatable bonds is 6. The summed E-state index contributed by atoms with van der Waals surface area (Å²) in [5.41, 5.74) is 1.62. The molecule has 0 aliphatic carbocycles. The smallest absolute Gasteiger partial charge is 0.410 e. The molecule has 0 aromatic heterocycles. The summed E-state index contributed by atoms with van der Waals surface area (Å²) in [6.07, 6.45) is 0.102. The molecule has 1 fully saturated rings. The molecule has 1 aromatic carbocycles. The van der Waals surface area contributed by atoms with Crippen LogP contribution < -0.4 is 10.2 Å². The van der Waals surface area contributed by atoms with Gasteiger partial charge in [-0.25, -0.2) is 4.79 Å². The lowest BCUT2D eigenvalue weighted by atomic mass is 10.2. The zero-order valence-corrected chi connectivity index (χ0v) is 16.8. The second-order valence-corrected chi connectivity index (χ2v) is 7.48. The number of piperazine rings is 1. The predicted octanol–water partition coefficient (Wildman–Crippen LogP) is 3.11. The van der Waals surface area contributed by atoms with Crippen LogP contribution in [0.5, 0.6) is 0 Å². The largest absolute Gasteiger partial charge is 0.466 e.